The number of nitrogens with one attached hydrogen (secondary N) is 2. The summed E-state index contributed by atoms with van der Waals surface area (Å²) in [5, 5.41) is 2.84. The number of anilines is 1. The van der Waals surface area contributed by atoms with Crippen molar-refractivity contribution in [1.29, 1.82) is 0 Å². The van der Waals surface area contributed by atoms with E-state index >= 15 is 0 Å². The molecule has 2 N–H and O–H groups in total. The van der Waals surface area contributed by atoms with Crippen LogP contribution in [0.15, 0.2) is 36.5 Å². The minimum absolute atomic E-state index is 0.231. The van der Waals surface area contributed by atoms with Crippen LogP contribution in [0.1, 0.15) is 27.0 Å². The summed E-state index contributed by atoms with van der Waals surface area (Å²) in [7, 11) is 0. The number of halogens is 4. The van der Waals surface area contributed by atoms with Gasteiger partial charge in [0.15, 0.2) is 0 Å². The van der Waals surface area contributed by atoms with Gasteiger partial charge >= 0.3 is 6.18 Å². The Morgan fingerprint density at radius 1 is 1.12 bits per heavy atom. The van der Waals surface area contributed by atoms with Crippen molar-refractivity contribution in [1.82, 2.24) is 4.98 Å². The van der Waals surface area contributed by atoms with Crippen molar-refractivity contribution in [3.8, 4) is 0 Å². The largest absolute Gasteiger partial charge is 0.416 e. The van der Waals surface area contributed by atoms with Gasteiger partial charge in [0, 0.05) is 17.1 Å². The Labute approximate surface area is 140 Å². The van der Waals surface area contributed by atoms with E-state index in [1.165, 1.54) is 6.20 Å². The Morgan fingerprint density at radius 3 is 2.52 bits per heavy atom. The fraction of sp³-hybridized carbons (Fsp3) is 0.167. The van der Waals surface area contributed by atoms with Gasteiger partial charge in [-0.05, 0) is 43.2 Å². The minimum atomic E-state index is -4.62. The van der Waals surface area contributed by atoms with Gasteiger partial charge in [-0.1, -0.05) is 12.1 Å². The van der Waals surface area contributed by atoms with Gasteiger partial charge in [-0.15, -0.1) is 0 Å². The van der Waals surface area contributed by atoms with Gasteiger partial charge in [0.1, 0.15) is 5.82 Å². The molecule has 1 heterocycles. The number of aryl methyl sites for hydroxylation is 2. The second-order valence-electron chi connectivity index (χ2n) is 5.78. The lowest BCUT2D eigenvalue weighted by atomic mass is 10.0. The summed E-state index contributed by atoms with van der Waals surface area (Å²) in [6, 6.07) is 5.47. The van der Waals surface area contributed by atoms with Gasteiger partial charge in [-0.25, -0.2) is 4.39 Å². The summed E-state index contributed by atoms with van der Waals surface area (Å²) in [5.41, 5.74) is 1.43. The molecule has 0 spiro atoms. The number of hydrogen-bond donors (Lipinski definition) is 2. The van der Waals surface area contributed by atoms with E-state index < -0.39 is 29.2 Å². The van der Waals surface area contributed by atoms with Crippen LogP contribution in [0.2, 0.25) is 0 Å². The first-order valence-corrected chi connectivity index (χ1v) is 7.44. The molecule has 0 aliphatic rings. The summed E-state index contributed by atoms with van der Waals surface area (Å²) in [5.74, 6) is -1.62. The number of hydrogen-bond acceptors (Lipinski definition) is 1. The summed E-state index contributed by atoms with van der Waals surface area (Å²) in [6.07, 6.45) is -3.17. The second kappa shape index (κ2) is 5.91. The molecule has 3 nitrogen and oxygen atoms in total. The van der Waals surface area contributed by atoms with Crippen molar-refractivity contribution in [2.45, 2.75) is 20.0 Å². The van der Waals surface area contributed by atoms with Crippen LogP contribution in [-0.2, 0) is 6.18 Å². The Balaban J connectivity index is 1.97. The lowest BCUT2D eigenvalue weighted by Gasteiger charge is -2.11. The summed E-state index contributed by atoms with van der Waals surface area (Å²) in [6.45, 7) is 3.82. The highest BCUT2D eigenvalue weighted by Crippen LogP contribution is 2.32. The van der Waals surface area contributed by atoms with Crippen LogP contribution >= 0.6 is 0 Å². The van der Waals surface area contributed by atoms with E-state index in [4.69, 9.17) is 0 Å². The molecule has 0 bridgehead atoms. The van der Waals surface area contributed by atoms with Gasteiger partial charge in [-0.3, -0.25) is 4.79 Å². The molecule has 1 amide bonds. The maximum atomic E-state index is 13.8. The molecule has 0 unspecified atom stereocenters. The molecule has 0 saturated heterocycles. The molecule has 0 radical (unpaired) electrons. The molecule has 7 heteroatoms. The maximum Gasteiger partial charge on any atom is 0.416 e. The molecule has 3 rings (SSSR count). The minimum Gasteiger partial charge on any atom is -0.360 e. The van der Waals surface area contributed by atoms with Crippen molar-refractivity contribution in [3.63, 3.8) is 0 Å². The molecule has 130 valence electrons. The van der Waals surface area contributed by atoms with E-state index in [0.29, 0.717) is 23.6 Å². The van der Waals surface area contributed by atoms with Gasteiger partial charge in [-0.2, -0.15) is 13.2 Å². The van der Waals surface area contributed by atoms with Crippen LogP contribution in [0, 0.1) is 19.7 Å². The fourth-order valence-electron chi connectivity index (χ4n) is 2.62. The number of aromatic amines is 1. The zero-order valence-electron chi connectivity index (χ0n) is 13.4. The third-order valence-electron chi connectivity index (χ3n) is 4.17. The first-order chi connectivity index (χ1) is 11.7. The third-order valence-corrected chi connectivity index (χ3v) is 4.17. The van der Waals surface area contributed by atoms with E-state index in [1.807, 2.05) is 19.9 Å². The monoisotopic (exact) mass is 350 g/mol. The average molecular weight is 350 g/mol. The SMILES string of the molecule is Cc1ccc2c(C(=O)Nc3cc(C(F)(F)F)ccc3F)c[nH]c2c1C. The summed E-state index contributed by atoms with van der Waals surface area (Å²) < 4.78 is 52.1. The van der Waals surface area contributed by atoms with Crippen molar-refractivity contribution in [2.24, 2.45) is 0 Å². The smallest absolute Gasteiger partial charge is 0.360 e. The molecule has 25 heavy (non-hydrogen) atoms. The third kappa shape index (κ3) is 3.09. The first kappa shape index (κ1) is 17.0. The number of rotatable bonds is 2. The topological polar surface area (TPSA) is 44.9 Å². The maximum absolute atomic E-state index is 13.8. The predicted molar refractivity (Wildman–Crippen MR) is 87.1 cm³/mol. The van der Waals surface area contributed by atoms with E-state index in [-0.39, 0.29) is 5.56 Å². The predicted octanol–water partition coefficient (Wildman–Crippen LogP) is 5.19. The zero-order valence-corrected chi connectivity index (χ0v) is 13.4. The van der Waals surface area contributed by atoms with Crippen molar-refractivity contribution < 1.29 is 22.4 Å². The van der Waals surface area contributed by atoms with E-state index in [2.05, 4.69) is 10.3 Å². The van der Waals surface area contributed by atoms with Crippen LogP contribution in [0.4, 0.5) is 23.2 Å². The number of fused-ring (bicyclic) bond motifs is 1. The van der Waals surface area contributed by atoms with Crippen LogP contribution < -0.4 is 5.32 Å². The molecule has 3 aromatic rings. The average Bonchev–Trinajstić information content (AvgIpc) is 2.96. The highest BCUT2D eigenvalue weighted by atomic mass is 19.4. The standard InChI is InChI=1S/C18H14F4N2O/c1-9-3-5-12-13(8-23-16(12)10(9)2)17(25)24-15-7-11(18(20,21)22)4-6-14(15)19/h3-8,23H,1-2H3,(H,24,25). The number of carbonyl (C=O) groups excluding carboxylic acids is 1. The molecular formula is C18H14F4N2O. The molecule has 2 aromatic carbocycles. The van der Waals surface area contributed by atoms with Crippen LogP contribution in [0.5, 0.6) is 0 Å². The number of aromatic nitrogens is 1. The van der Waals surface area contributed by atoms with Crippen molar-refractivity contribution >= 4 is 22.5 Å². The van der Waals surface area contributed by atoms with Gasteiger partial charge in [0.2, 0.25) is 0 Å². The lowest BCUT2D eigenvalue weighted by molar-refractivity contribution is -0.137. The highest BCUT2D eigenvalue weighted by Gasteiger charge is 2.31. The van der Waals surface area contributed by atoms with E-state index in [1.54, 1.807) is 6.07 Å². The molecule has 0 aliphatic heterocycles. The van der Waals surface area contributed by atoms with E-state index in [0.717, 1.165) is 16.6 Å². The number of alkyl halides is 3. The van der Waals surface area contributed by atoms with Gasteiger partial charge in [0.25, 0.3) is 5.91 Å². The molecular weight excluding hydrogens is 336 g/mol. The second-order valence-corrected chi connectivity index (χ2v) is 5.78. The first-order valence-electron chi connectivity index (χ1n) is 7.44. The zero-order chi connectivity index (χ0) is 18.4. The Bertz CT molecular complexity index is 973. The Morgan fingerprint density at radius 2 is 1.84 bits per heavy atom. The van der Waals surface area contributed by atoms with Crippen LogP contribution in [-0.4, -0.2) is 10.9 Å². The quantitative estimate of drug-likeness (QED) is 0.614. The molecule has 0 aliphatic carbocycles. The van der Waals surface area contributed by atoms with Gasteiger partial charge < -0.3 is 10.3 Å². The van der Waals surface area contributed by atoms with Gasteiger partial charge in [0.05, 0.1) is 16.8 Å². The van der Waals surface area contributed by atoms with Crippen LogP contribution in [0.25, 0.3) is 10.9 Å². The summed E-state index contributed by atoms with van der Waals surface area (Å²) in [4.78, 5) is 15.4. The normalized spacial score (nSPS) is 11.8. The number of carbonyl (C=O) groups is 1. The van der Waals surface area contributed by atoms with Crippen molar-refractivity contribution in [3.05, 3.63) is 64.6 Å². The Kier molecular flexibility index (Phi) is 4.02. The highest BCUT2D eigenvalue weighted by molar-refractivity contribution is 6.13. The Hall–Kier alpha value is -2.83. The lowest BCUT2D eigenvalue weighted by Crippen LogP contribution is -2.14. The molecule has 0 atom stereocenters. The number of H-pyrrole nitrogens is 1. The summed E-state index contributed by atoms with van der Waals surface area (Å²) >= 11 is 0. The molecule has 1 aromatic heterocycles. The van der Waals surface area contributed by atoms with Crippen molar-refractivity contribution in [2.75, 3.05) is 5.32 Å². The fourth-order valence-corrected chi connectivity index (χ4v) is 2.62. The van der Waals surface area contributed by atoms with Crippen LogP contribution in [0.3, 0.4) is 0 Å². The number of amides is 1. The number of benzene rings is 2. The molecule has 0 saturated carbocycles. The molecule has 0 fully saturated rings. The van der Waals surface area contributed by atoms with E-state index in [9.17, 15) is 22.4 Å².